The Labute approximate surface area is 173 Å². The number of amides is 2. The highest BCUT2D eigenvalue weighted by Gasteiger charge is 2.64. The van der Waals surface area contributed by atoms with Crippen LogP contribution in [0.15, 0.2) is 10.6 Å². The SMILES string of the molecule is CCN1CCC2(CN(CC(C)C)CC23CCN(C(=O)c2cc(C)on2)CC3)C1=O. The predicted molar refractivity (Wildman–Crippen MR) is 109 cm³/mol. The molecule has 3 aliphatic rings. The van der Waals surface area contributed by atoms with Gasteiger partial charge in [0.05, 0.1) is 5.41 Å². The minimum atomic E-state index is -0.280. The van der Waals surface area contributed by atoms with E-state index in [0.717, 1.165) is 52.0 Å². The number of fused-ring (bicyclic) bond motifs is 1. The van der Waals surface area contributed by atoms with Crippen LogP contribution >= 0.6 is 0 Å². The second-order valence-corrected chi connectivity index (χ2v) is 9.68. The molecule has 7 heteroatoms. The van der Waals surface area contributed by atoms with Gasteiger partial charge in [-0.15, -0.1) is 0 Å². The fraction of sp³-hybridized carbons (Fsp3) is 0.773. The third-order valence-corrected chi connectivity index (χ3v) is 7.40. The molecule has 0 N–H and O–H groups in total. The summed E-state index contributed by atoms with van der Waals surface area (Å²) in [6, 6.07) is 1.70. The summed E-state index contributed by atoms with van der Waals surface area (Å²) in [7, 11) is 0. The Morgan fingerprint density at radius 1 is 1.21 bits per heavy atom. The number of aryl methyl sites for hydroxylation is 1. The maximum absolute atomic E-state index is 13.5. The summed E-state index contributed by atoms with van der Waals surface area (Å²) in [5.41, 5.74) is 0.0758. The molecular weight excluding hydrogens is 368 g/mol. The van der Waals surface area contributed by atoms with Crippen molar-refractivity contribution in [1.82, 2.24) is 19.9 Å². The second-order valence-electron chi connectivity index (χ2n) is 9.68. The van der Waals surface area contributed by atoms with E-state index < -0.39 is 0 Å². The summed E-state index contributed by atoms with van der Waals surface area (Å²) in [6.07, 6.45) is 2.71. The van der Waals surface area contributed by atoms with Gasteiger partial charge in [0.25, 0.3) is 5.91 Å². The number of carbonyl (C=O) groups excluding carboxylic acids is 2. The summed E-state index contributed by atoms with van der Waals surface area (Å²) in [5.74, 6) is 1.52. The first kappa shape index (κ1) is 20.4. The molecule has 0 bridgehead atoms. The summed E-state index contributed by atoms with van der Waals surface area (Å²) >= 11 is 0. The zero-order chi connectivity index (χ0) is 20.8. The van der Waals surface area contributed by atoms with E-state index in [4.69, 9.17) is 4.52 Å². The monoisotopic (exact) mass is 402 g/mol. The van der Waals surface area contributed by atoms with E-state index in [1.807, 2.05) is 9.80 Å². The molecule has 3 fully saturated rings. The maximum Gasteiger partial charge on any atom is 0.276 e. The molecule has 160 valence electrons. The number of hydrogen-bond donors (Lipinski definition) is 0. The van der Waals surface area contributed by atoms with Crippen molar-refractivity contribution < 1.29 is 14.1 Å². The first-order valence-electron chi connectivity index (χ1n) is 11.0. The van der Waals surface area contributed by atoms with Crippen molar-refractivity contribution >= 4 is 11.8 Å². The molecule has 0 aromatic carbocycles. The number of likely N-dealkylation sites (tertiary alicyclic amines) is 3. The number of hydrogen-bond acceptors (Lipinski definition) is 5. The van der Waals surface area contributed by atoms with Crippen LogP contribution in [0.2, 0.25) is 0 Å². The van der Waals surface area contributed by atoms with E-state index in [1.165, 1.54) is 0 Å². The Morgan fingerprint density at radius 3 is 2.48 bits per heavy atom. The van der Waals surface area contributed by atoms with Crippen LogP contribution in [0.4, 0.5) is 0 Å². The van der Waals surface area contributed by atoms with Crippen LogP contribution in [-0.4, -0.2) is 77.5 Å². The van der Waals surface area contributed by atoms with Crippen molar-refractivity contribution in [2.75, 3.05) is 45.8 Å². The number of rotatable bonds is 4. The van der Waals surface area contributed by atoms with Gasteiger partial charge in [0, 0.05) is 57.3 Å². The predicted octanol–water partition coefficient (Wildman–Crippen LogP) is 2.42. The maximum atomic E-state index is 13.5. The number of piperidine rings is 1. The smallest absolute Gasteiger partial charge is 0.276 e. The molecule has 2 amide bonds. The van der Waals surface area contributed by atoms with Crippen molar-refractivity contribution in [3.05, 3.63) is 17.5 Å². The van der Waals surface area contributed by atoms with Crippen LogP contribution in [0.3, 0.4) is 0 Å². The Hall–Kier alpha value is -1.89. The van der Waals surface area contributed by atoms with Crippen molar-refractivity contribution in [2.45, 2.75) is 47.0 Å². The molecule has 29 heavy (non-hydrogen) atoms. The quantitative estimate of drug-likeness (QED) is 0.774. The third-order valence-electron chi connectivity index (χ3n) is 7.40. The largest absolute Gasteiger partial charge is 0.361 e. The van der Waals surface area contributed by atoms with E-state index in [1.54, 1.807) is 13.0 Å². The Kier molecular flexibility index (Phi) is 5.21. The average Bonchev–Trinajstić information content (AvgIpc) is 3.33. The van der Waals surface area contributed by atoms with E-state index in [2.05, 4.69) is 30.8 Å². The van der Waals surface area contributed by atoms with Gasteiger partial charge in [0.15, 0.2) is 5.69 Å². The highest BCUT2D eigenvalue weighted by molar-refractivity contribution is 5.92. The highest BCUT2D eigenvalue weighted by Crippen LogP contribution is 2.57. The molecular formula is C22H34N4O3. The normalized spacial score (nSPS) is 27.1. The molecule has 3 aliphatic heterocycles. The van der Waals surface area contributed by atoms with Gasteiger partial charge in [-0.2, -0.15) is 0 Å². The molecule has 1 unspecified atom stereocenters. The molecule has 1 atom stereocenters. The van der Waals surface area contributed by atoms with Gasteiger partial charge in [0.1, 0.15) is 5.76 Å². The zero-order valence-electron chi connectivity index (χ0n) is 18.2. The van der Waals surface area contributed by atoms with Crippen molar-refractivity contribution in [2.24, 2.45) is 16.7 Å². The molecule has 4 heterocycles. The summed E-state index contributed by atoms with van der Waals surface area (Å²) in [6.45, 7) is 14.3. The first-order chi connectivity index (χ1) is 13.8. The van der Waals surface area contributed by atoms with E-state index in [-0.39, 0.29) is 16.7 Å². The van der Waals surface area contributed by atoms with Crippen LogP contribution in [0.1, 0.15) is 56.3 Å². The van der Waals surface area contributed by atoms with Gasteiger partial charge >= 0.3 is 0 Å². The molecule has 0 aliphatic carbocycles. The van der Waals surface area contributed by atoms with Crippen molar-refractivity contribution in [3.8, 4) is 0 Å². The lowest BCUT2D eigenvalue weighted by Crippen LogP contribution is -2.53. The van der Waals surface area contributed by atoms with Gasteiger partial charge in [-0.1, -0.05) is 19.0 Å². The third kappa shape index (κ3) is 3.27. The van der Waals surface area contributed by atoms with Crippen LogP contribution in [0, 0.1) is 23.7 Å². The standard InChI is InChI=1S/C22H34N4O3/c1-5-25-11-8-22(20(25)28)15-24(13-16(2)3)14-21(22)6-9-26(10-7-21)19(27)18-12-17(4)29-23-18/h12,16H,5-11,13-15H2,1-4H3. The van der Waals surface area contributed by atoms with Crippen LogP contribution < -0.4 is 0 Å². The summed E-state index contributed by atoms with van der Waals surface area (Å²) in [5, 5.41) is 3.89. The Bertz CT molecular complexity index is 781. The minimum Gasteiger partial charge on any atom is -0.361 e. The van der Waals surface area contributed by atoms with E-state index >= 15 is 0 Å². The lowest BCUT2D eigenvalue weighted by Gasteiger charge is -2.47. The molecule has 7 nitrogen and oxygen atoms in total. The molecule has 2 spiro atoms. The molecule has 3 saturated heterocycles. The Balaban J connectivity index is 1.55. The Morgan fingerprint density at radius 2 is 1.93 bits per heavy atom. The molecule has 1 aromatic rings. The van der Waals surface area contributed by atoms with Crippen LogP contribution in [0.5, 0.6) is 0 Å². The van der Waals surface area contributed by atoms with Crippen molar-refractivity contribution in [3.63, 3.8) is 0 Å². The topological polar surface area (TPSA) is 69.9 Å². The minimum absolute atomic E-state index is 0.0284. The number of nitrogens with zero attached hydrogens (tertiary/aromatic N) is 4. The van der Waals surface area contributed by atoms with Crippen LogP contribution in [-0.2, 0) is 4.79 Å². The fourth-order valence-electron chi connectivity index (χ4n) is 6.01. The van der Waals surface area contributed by atoms with E-state index in [0.29, 0.717) is 36.4 Å². The second kappa shape index (κ2) is 7.42. The molecule has 0 saturated carbocycles. The van der Waals surface area contributed by atoms with Crippen LogP contribution in [0.25, 0.3) is 0 Å². The molecule has 0 radical (unpaired) electrons. The highest BCUT2D eigenvalue weighted by atomic mass is 16.5. The summed E-state index contributed by atoms with van der Waals surface area (Å²) < 4.78 is 5.08. The summed E-state index contributed by atoms with van der Waals surface area (Å²) in [4.78, 5) is 32.8. The lowest BCUT2D eigenvalue weighted by molar-refractivity contribution is -0.141. The average molecular weight is 403 g/mol. The van der Waals surface area contributed by atoms with Gasteiger partial charge < -0.3 is 19.2 Å². The molecule has 1 aromatic heterocycles. The van der Waals surface area contributed by atoms with Gasteiger partial charge in [0.2, 0.25) is 5.91 Å². The fourth-order valence-corrected chi connectivity index (χ4v) is 6.01. The zero-order valence-corrected chi connectivity index (χ0v) is 18.2. The first-order valence-corrected chi connectivity index (χ1v) is 11.0. The van der Waals surface area contributed by atoms with Gasteiger partial charge in [-0.3, -0.25) is 9.59 Å². The van der Waals surface area contributed by atoms with Crippen molar-refractivity contribution in [1.29, 1.82) is 0 Å². The van der Waals surface area contributed by atoms with Gasteiger partial charge in [-0.25, -0.2) is 0 Å². The number of carbonyl (C=O) groups is 2. The van der Waals surface area contributed by atoms with Gasteiger partial charge in [-0.05, 0) is 39.0 Å². The number of aromatic nitrogens is 1. The lowest BCUT2D eigenvalue weighted by atomic mass is 9.60. The van der Waals surface area contributed by atoms with E-state index in [9.17, 15) is 9.59 Å². The molecule has 4 rings (SSSR count).